The fourth-order valence-corrected chi connectivity index (χ4v) is 2.86. The Morgan fingerprint density at radius 1 is 1.33 bits per heavy atom. The summed E-state index contributed by atoms with van der Waals surface area (Å²) >= 11 is 7.21. The molecular formula is C17H17ClN2O3S. The maximum atomic E-state index is 12.0. The SMILES string of the molecule is COc1cccc(NC(=O)CN(C)C(=O)/C=C/c2ccc(Cl)s2)c1. The number of amides is 2. The highest BCUT2D eigenvalue weighted by Crippen LogP contribution is 2.22. The number of anilines is 1. The predicted molar refractivity (Wildman–Crippen MR) is 97.6 cm³/mol. The van der Waals surface area contributed by atoms with Crippen LogP contribution in [0.15, 0.2) is 42.5 Å². The molecule has 0 bridgehead atoms. The van der Waals surface area contributed by atoms with Gasteiger partial charge in [-0.2, -0.15) is 0 Å². The van der Waals surface area contributed by atoms with Gasteiger partial charge in [-0.25, -0.2) is 0 Å². The molecule has 2 aromatic rings. The number of ether oxygens (including phenoxy) is 1. The van der Waals surface area contributed by atoms with Gasteiger partial charge in [0, 0.05) is 29.8 Å². The van der Waals surface area contributed by atoms with E-state index in [-0.39, 0.29) is 18.4 Å². The summed E-state index contributed by atoms with van der Waals surface area (Å²) in [4.78, 5) is 26.3. The average molecular weight is 365 g/mol. The molecule has 1 aromatic heterocycles. The molecule has 0 aliphatic rings. The molecule has 0 saturated heterocycles. The summed E-state index contributed by atoms with van der Waals surface area (Å²) in [6, 6.07) is 10.6. The number of nitrogens with one attached hydrogen (secondary N) is 1. The summed E-state index contributed by atoms with van der Waals surface area (Å²) in [6.45, 7) is -0.0500. The van der Waals surface area contributed by atoms with Crippen molar-refractivity contribution >= 4 is 46.5 Å². The van der Waals surface area contributed by atoms with Gasteiger partial charge in [0.1, 0.15) is 5.75 Å². The monoisotopic (exact) mass is 364 g/mol. The molecule has 1 heterocycles. The van der Waals surface area contributed by atoms with Crippen molar-refractivity contribution in [1.82, 2.24) is 4.90 Å². The molecule has 0 spiro atoms. The molecule has 2 amide bonds. The highest BCUT2D eigenvalue weighted by Gasteiger charge is 2.11. The van der Waals surface area contributed by atoms with Gasteiger partial charge < -0.3 is 15.0 Å². The number of nitrogens with zero attached hydrogens (tertiary/aromatic N) is 1. The first-order valence-electron chi connectivity index (χ1n) is 7.10. The predicted octanol–water partition coefficient (Wildman–Crippen LogP) is 3.52. The number of hydrogen-bond acceptors (Lipinski definition) is 4. The van der Waals surface area contributed by atoms with Crippen molar-refractivity contribution in [2.45, 2.75) is 0 Å². The molecule has 24 heavy (non-hydrogen) atoms. The van der Waals surface area contributed by atoms with E-state index >= 15 is 0 Å². The van der Waals surface area contributed by atoms with Gasteiger partial charge in [-0.15, -0.1) is 11.3 Å². The Morgan fingerprint density at radius 3 is 2.79 bits per heavy atom. The van der Waals surface area contributed by atoms with Crippen molar-refractivity contribution in [3.63, 3.8) is 0 Å². The zero-order chi connectivity index (χ0) is 17.5. The fourth-order valence-electron chi connectivity index (χ4n) is 1.89. The van der Waals surface area contributed by atoms with Crippen LogP contribution in [0.2, 0.25) is 4.34 Å². The lowest BCUT2D eigenvalue weighted by molar-refractivity contribution is -0.129. The zero-order valence-electron chi connectivity index (χ0n) is 13.3. The minimum atomic E-state index is -0.285. The van der Waals surface area contributed by atoms with Crippen molar-refractivity contribution in [3.05, 3.63) is 51.7 Å². The smallest absolute Gasteiger partial charge is 0.246 e. The number of benzene rings is 1. The number of halogens is 1. The first-order valence-corrected chi connectivity index (χ1v) is 8.30. The van der Waals surface area contributed by atoms with Crippen LogP contribution in [0.4, 0.5) is 5.69 Å². The van der Waals surface area contributed by atoms with Crippen molar-refractivity contribution in [2.24, 2.45) is 0 Å². The van der Waals surface area contributed by atoms with Crippen LogP contribution in [0.3, 0.4) is 0 Å². The summed E-state index contributed by atoms with van der Waals surface area (Å²) in [5, 5.41) is 2.73. The molecule has 0 aliphatic carbocycles. The van der Waals surface area contributed by atoms with E-state index in [4.69, 9.17) is 16.3 Å². The fraction of sp³-hybridized carbons (Fsp3) is 0.176. The Hall–Kier alpha value is -2.31. The Bertz CT molecular complexity index is 758. The Morgan fingerprint density at radius 2 is 2.12 bits per heavy atom. The van der Waals surface area contributed by atoms with Gasteiger partial charge in [0.25, 0.3) is 0 Å². The second-order valence-electron chi connectivity index (χ2n) is 4.95. The van der Waals surface area contributed by atoms with Crippen LogP contribution in [0, 0.1) is 0 Å². The van der Waals surface area contributed by atoms with Crippen LogP contribution in [-0.2, 0) is 9.59 Å². The number of hydrogen-bond donors (Lipinski definition) is 1. The lowest BCUT2D eigenvalue weighted by Crippen LogP contribution is -2.33. The topological polar surface area (TPSA) is 58.6 Å². The van der Waals surface area contributed by atoms with Gasteiger partial charge in [-0.05, 0) is 30.3 Å². The van der Waals surface area contributed by atoms with Crippen molar-refractivity contribution < 1.29 is 14.3 Å². The van der Waals surface area contributed by atoms with Crippen molar-refractivity contribution in [2.75, 3.05) is 26.0 Å². The molecule has 0 radical (unpaired) electrons. The number of rotatable bonds is 6. The Labute approximate surface area is 149 Å². The van der Waals surface area contributed by atoms with Crippen LogP contribution in [0.25, 0.3) is 6.08 Å². The summed E-state index contributed by atoms with van der Waals surface area (Å²) in [5.41, 5.74) is 0.615. The number of likely N-dealkylation sites (N-methyl/N-ethyl adjacent to an activating group) is 1. The lowest BCUT2D eigenvalue weighted by Gasteiger charge is -2.15. The van der Waals surface area contributed by atoms with E-state index in [0.717, 1.165) is 4.88 Å². The van der Waals surface area contributed by atoms with Crippen LogP contribution >= 0.6 is 22.9 Å². The van der Waals surface area contributed by atoms with Gasteiger partial charge in [-0.1, -0.05) is 17.7 Å². The van der Waals surface area contributed by atoms with Crippen LogP contribution in [0.5, 0.6) is 5.75 Å². The summed E-state index contributed by atoms with van der Waals surface area (Å²) in [7, 11) is 3.12. The molecule has 0 saturated carbocycles. The minimum Gasteiger partial charge on any atom is -0.497 e. The first-order chi connectivity index (χ1) is 11.5. The maximum absolute atomic E-state index is 12.0. The highest BCUT2D eigenvalue weighted by molar-refractivity contribution is 7.17. The first kappa shape index (κ1) is 18.0. The molecule has 1 N–H and O–H groups in total. The Kier molecular flexibility index (Phi) is 6.40. The van der Waals surface area contributed by atoms with Gasteiger partial charge in [0.2, 0.25) is 11.8 Å². The standard InChI is InChI=1S/C17H17ClN2O3S/c1-20(17(22)9-7-14-6-8-15(18)24-14)11-16(21)19-12-4-3-5-13(10-12)23-2/h3-10H,11H2,1-2H3,(H,19,21)/b9-7+. The lowest BCUT2D eigenvalue weighted by atomic mass is 10.3. The molecule has 1 aromatic carbocycles. The molecule has 0 unspecified atom stereocenters. The summed E-state index contributed by atoms with van der Waals surface area (Å²) in [6.07, 6.45) is 3.09. The molecule has 7 heteroatoms. The van der Waals surface area contributed by atoms with Crippen molar-refractivity contribution in [3.8, 4) is 5.75 Å². The van der Waals surface area contributed by atoms with Gasteiger partial charge in [0.15, 0.2) is 0 Å². The number of carbonyl (C=O) groups is 2. The zero-order valence-corrected chi connectivity index (χ0v) is 14.9. The number of carbonyl (C=O) groups excluding carboxylic acids is 2. The maximum Gasteiger partial charge on any atom is 0.246 e. The highest BCUT2D eigenvalue weighted by atomic mass is 35.5. The van der Waals surface area contributed by atoms with Crippen LogP contribution in [0.1, 0.15) is 4.88 Å². The second kappa shape index (κ2) is 8.52. The van der Waals surface area contributed by atoms with E-state index in [1.54, 1.807) is 50.6 Å². The third kappa shape index (κ3) is 5.40. The van der Waals surface area contributed by atoms with Gasteiger partial charge in [0.05, 0.1) is 18.0 Å². The second-order valence-corrected chi connectivity index (χ2v) is 6.70. The summed E-state index contributed by atoms with van der Waals surface area (Å²) in [5.74, 6) is 0.0989. The van der Waals surface area contributed by atoms with E-state index in [2.05, 4.69) is 5.32 Å². The van der Waals surface area contributed by atoms with E-state index in [1.807, 2.05) is 6.07 Å². The largest absolute Gasteiger partial charge is 0.497 e. The van der Waals surface area contributed by atoms with Gasteiger partial charge >= 0.3 is 0 Å². The quantitative estimate of drug-likeness (QED) is 0.798. The summed E-state index contributed by atoms with van der Waals surface area (Å²) < 4.78 is 5.76. The van der Waals surface area contributed by atoms with E-state index in [1.165, 1.54) is 22.3 Å². The number of thiophene rings is 1. The Balaban J connectivity index is 1.88. The molecule has 0 aliphatic heterocycles. The number of methoxy groups -OCH3 is 1. The van der Waals surface area contributed by atoms with Crippen LogP contribution in [-0.4, -0.2) is 37.4 Å². The third-order valence-electron chi connectivity index (χ3n) is 3.09. The molecule has 2 rings (SSSR count). The van der Waals surface area contributed by atoms with Crippen LogP contribution < -0.4 is 10.1 Å². The molecular weight excluding hydrogens is 348 g/mol. The minimum absolute atomic E-state index is 0.0500. The normalized spacial score (nSPS) is 10.6. The molecule has 0 atom stereocenters. The van der Waals surface area contributed by atoms with Gasteiger partial charge in [-0.3, -0.25) is 9.59 Å². The third-order valence-corrected chi connectivity index (χ3v) is 4.29. The van der Waals surface area contributed by atoms with E-state index < -0.39 is 0 Å². The van der Waals surface area contributed by atoms with Crippen molar-refractivity contribution in [1.29, 1.82) is 0 Å². The molecule has 0 fully saturated rings. The molecule has 126 valence electrons. The van der Waals surface area contributed by atoms with E-state index in [0.29, 0.717) is 15.8 Å². The molecule has 5 nitrogen and oxygen atoms in total. The van der Waals surface area contributed by atoms with E-state index in [9.17, 15) is 9.59 Å². The average Bonchev–Trinajstić information content (AvgIpc) is 2.98.